The molecule has 2 atom stereocenters. The zero-order valence-electron chi connectivity index (χ0n) is 18.9. The Balaban J connectivity index is 1.70. The summed E-state index contributed by atoms with van der Waals surface area (Å²) in [6.45, 7) is 8.25. The molecule has 0 fully saturated rings. The maximum atomic E-state index is 13.5. The van der Waals surface area contributed by atoms with Gasteiger partial charge in [0.25, 0.3) is 0 Å². The van der Waals surface area contributed by atoms with Gasteiger partial charge in [0.05, 0.1) is 0 Å². The van der Waals surface area contributed by atoms with Crippen LogP contribution < -0.4 is 5.32 Å². The number of ether oxygens (including phenoxy) is 1. The topological polar surface area (TPSA) is 71.5 Å². The van der Waals surface area contributed by atoms with Crippen molar-refractivity contribution in [1.29, 1.82) is 0 Å². The summed E-state index contributed by atoms with van der Waals surface area (Å²) in [4.78, 5) is 31.7. The zero-order chi connectivity index (χ0) is 22.4. The van der Waals surface area contributed by atoms with Crippen LogP contribution in [0.5, 0.6) is 0 Å². The Morgan fingerprint density at radius 1 is 1.19 bits per heavy atom. The highest BCUT2D eigenvalue weighted by Gasteiger charge is 2.29. The van der Waals surface area contributed by atoms with E-state index in [-0.39, 0.29) is 17.9 Å². The second kappa shape index (κ2) is 9.94. The Bertz CT molecular complexity index is 892. The number of nitrogens with zero attached hydrogens (tertiary/aromatic N) is 2. The summed E-state index contributed by atoms with van der Waals surface area (Å²) in [6.07, 6.45) is 5.54. The molecule has 0 saturated heterocycles. The Morgan fingerprint density at radius 3 is 2.61 bits per heavy atom. The summed E-state index contributed by atoms with van der Waals surface area (Å²) >= 11 is 0. The fourth-order valence-electron chi connectivity index (χ4n) is 4.00. The predicted octanol–water partition coefficient (Wildman–Crippen LogP) is 4.13. The lowest BCUT2D eigenvalue weighted by Crippen LogP contribution is -2.47. The van der Waals surface area contributed by atoms with Crippen molar-refractivity contribution in [1.82, 2.24) is 15.2 Å². The average Bonchev–Trinajstić information content (AvgIpc) is 2.71. The van der Waals surface area contributed by atoms with E-state index in [0.29, 0.717) is 13.1 Å². The third kappa shape index (κ3) is 6.81. The molecule has 0 saturated carbocycles. The molecule has 0 aliphatic heterocycles. The van der Waals surface area contributed by atoms with E-state index in [2.05, 4.69) is 28.5 Å². The third-order valence-electron chi connectivity index (χ3n) is 5.36. The normalized spacial score (nSPS) is 16.7. The van der Waals surface area contributed by atoms with Crippen LogP contribution in [0.2, 0.25) is 0 Å². The number of carbonyl (C=O) groups is 2. The number of hydrogen-bond donors (Lipinski definition) is 1. The molecule has 166 valence electrons. The molecule has 1 aliphatic carbocycles. The van der Waals surface area contributed by atoms with Gasteiger partial charge in [0.2, 0.25) is 5.91 Å². The van der Waals surface area contributed by atoms with Crippen molar-refractivity contribution in [3.05, 3.63) is 65.5 Å². The largest absolute Gasteiger partial charge is 0.444 e. The van der Waals surface area contributed by atoms with E-state index < -0.39 is 11.7 Å². The highest BCUT2D eigenvalue weighted by Crippen LogP contribution is 2.27. The Kier molecular flexibility index (Phi) is 7.31. The van der Waals surface area contributed by atoms with Crippen LogP contribution in [0, 0.1) is 5.92 Å². The molecular weight excluding hydrogens is 390 g/mol. The number of carbonyl (C=O) groups excluding carboxylic acids is 2. The molecule has 0 spiro atoms. The van der Waals surface area contributed by atoms with Crippen LogP contribution in [0.15, 0.2) is 48.8 Å². The fraction of sp³-hybridized carbons (Fsp3) is 0.480. The van der Waals surface area contributed by atoms with Crippen molar-refractivity contribution in [2.24, 2.45) is 5.92 Å². The first-order chi connectivity index (χ1) is 14.7. The molecule has 1 aromatic carbocycles. The average molecular weight is 424 g/mol. The molecular formula is C25H33N3O3. The molecule has 1 heterocycles. The van der Waals surface area contributed by atoms with Crippen molar-refractivity contribution < 1.29 is 14.3 Å². The van der Waals surface area contributed by atoms with Gasteiger partial charge in [-0.05, 0) is 69.7 Å². The number of rotatable bonds is 6. The van der Waals surface area contributed by atoms with Crippen molar-refractivity contribution in [2.75, 3.05) is 6.54 Å². The van der Waals surface area contributed by atoms with Gasteiger partial charge in [0, 0.05) is 37.4 Å². The van der Waals surface area contributed by atoms with E-state index in [1.807, 2.05) is 50.8 Å². The number of aromatic nitrogens is 1. The first kappa shape index (κ1) is 22.8. The molecule has 2 amide bonds. The molecule has 3 rings (SSSR count). The highest BCUT2D eigenvalue weighted by molar-refractivity contribution is 5.79. The number of aryl methyl sites for hydroxylation is 1. The minimum Gasteiger partial charge on any atom is -0.444 e. The second-order valence-corrected chi connectivity index (χ2v) is 9.34. The molecule has 0 radical (unpaired) electrons. The third-order valence-corrected chi connectivity index (χ3v) is 5.36. The molecule has 2 aromatic rings. The van der Waals surface area contributed by atoms with Crippen LogP contribution in [0.4, 0.5) is 4.79 Å². The van der Waals surface area contributed by atoms with Gasteiger partial charge in [-0.25, -0.2) is 4.79 Å². The lowest BCUT2D eigenvalue weighted by Gasteiger charge is -2.32. The van der Waals surface area contributed by atoms with Crippen LogP contribution in [0.25, 0.3) is 0 Å². The van der Waals surface area contributed by atoms with E-state index in [1.54, 1.807) is 12.4 Å². The van der Waals surface area contributed by atoms with Gasteiger partial charge in [-0.15, -0.1) is 0 Å². The van der Waals surface area contributed by atoms with Crippen LogP contribution in [-0.2, 0) is 28.9 Å². The number of benzene rings is 1. The highest BCUT2D eigenvalue weighted by atomic mass is 16.6. The van der Waals surface area contributed by atoms with Crippen LogP contribution in [0.1, 0.15) is 50.8 Å². The first-order valence-electron chi connectivity index (χ1n) is 11.0. The van der Waals surface area contributed by atoms with Gasteiger partial charge < -0.3 is 15.0 Å². The van der Waals surface area contributed by atoms with Gasteiger partial charge in [-0.2, -0.15) is 0 Å². The van der Waals surface area contributed by atoms with Gasteiger partial charge >= 0.3 is 6.09 Å². The number of hydrogen-bond acceptors (Lipinski definition) is 4. The minimum absolute atomic E-state index is 0.0553. The summed E-state index contributed by atoms with van der Waals surface area (Å²) in [6, 6.07) is 12.0. The second-order valence-electron chi connectivity index (χ2n) is 9.34. The first-order valence-corrected chi connectivity index (χ1v) is 11.0. The molecule has 6 nitrogen and oxygen atoms in total. The van der Waals surface area contributed by atoms with E-state index in [4.69, 9.17) is 4.74 Å². The Morgan fingerprint density at radius 2 is 1.94 bits per heavy atom. The number of pyridine rings is 1. The minimum atomic E-state index is -0.565. The van der Waals surface area contributed by atoms with Gasteiger partial charge in [0.1, 0.15) is 5.60 Å². The smallest absolute Gasteiger partial charge is 0.407 e. The van der Waals surface area contributed by atoms with Gasteiger partial charge in [0.15, 0.2) is 0 Å². The summed E-state index contributed by atoms with van der Waals surface area (Å²) in [7, 11) is 0. The van der Waals surface area contributed by atoms with Crippen molar-refractivity contribution in [3.8, 4) is 0 Å². The van der Waals surface area contributed by atoms with E-state index in [1.165, 1.54) is 11.1 Å². The molecule has 1 N–H and O–H groups in total. The maximum Gasteiger partial charge on any atom is 0.407 e. The number of nitrogens with one attached hydrogen (secondary N) is 1. The summed E-state index contributed by atoms with van der Waals surface area (Å²) in [5.74, 6) is 0.0662. The molecule has 1 aromatic heterocycles. The SMILES string of the molecule is C[C@H](CN(Cc1cccnc1)C(=O)[C@H]1CCc2ccccc2C1)NC(=O)OC(C)(C)C. The zero-order valence-corrected chi connectivity index (χ0v) is 18.9. The molecule has 6 heteroatoms. The van der Waals surface area contributed by atoms with Crippen molar-refractivity contribution in [3.63, 3.8) is 0 Å². The molecule has 31 heavy (non-hydrogen) atoms. The van der Waals surface area contributed by atoms with Crippen molar-refractivity contribution in [2.45, 2.75) is 65.1 Å². The van der Waals surface area contributed by atoms with Crippen LogP contribution in [-0.4, -0.2) is 40.1 Å². The lowest BCUT2D eigenvalue weighted by molar-refractivity contribution is -0.137. The van der Waals surface area contributed by atoms with E-state index >= 15 is 0 Å². The Hall–Kier alpha value is -2.89. The number of alkyl carbamates (subject to hydrolysis) is 1. The summed E-state index contributed by atoms with van der Waals surface area (Å²) < 4.78 is 5.36. The maximum absolute atomic E-state index is 13.5. The predicted molar refractivity (Wildman–Crippen MR) is 120 cm³/mol. The summed E-state index contributed by atoms with van der Waals surface area (Å²) in [5.41, 5.74) is 3.00. The molecule has 0 bridgehead atoms. The standard InChI is InChI=1S/C25H33N3O3/c1-18(27-24(30)31-25(2,3)4)16-28(17-19-8-7-13-26-15-19)23(29)22-12-11-20-9-5-6-10-21(20)14-22/h5-10,13,15,18,22H,11-12,14,16-17H2,1-4H3,(H,27,30)/t18-,22+/m1/s1. The monoisotopic (exact) mass is 423 g/mol. The molecule has 0 unspecified atom stereocenters. The molecule has 1 aliphatic rings. The number of amides is 2. The van der Waals surface area contributed by atoms with Gasteiger partial charge in [-0.1, -0.05) is 30.3 Å². The summed E-state index contributed by atoms with van der Waals surface area (Å²) in [5, 5.41) is 2.86. The van der Waals surface area contributed by atoms with E-state index in [0.717, 1.165) is 24.8 Å². The quantitative estimate of drug-likeness (QED) is 0.758. The van der Waals surface area contributed by atoms with Crippen LogP contribution >= 0.6 is 0 Å². The number of fused-ring (bicyclic) bond motifs is 1. The lowest BCUT2D eigenvalue weighted by atomic mass is 9.83. The van der Waals surface area contributed by atoms with Gasteiger partial charge in [-0.3, -0.25) is 9.78 Å². The van der Waals surface area contributed by atoms with Crippen LogP contribution in [0.3, 0.4) is 0 Å². The van der Waals surface area contributed by atoms with Crippen molar-refractivity contribution >= 4 is 12.0 Å². The fourth-order valence-corrected chi connectivity index (χ4v) is 4.00. The van der Waals surface area contributed by atoms with E-state index in [9.17, 15) is 9.59 Å². The Labute approximate surface area is 185 Å².